The van der Waals surface area contributed by atoms with E-state index in [0.717, 1.165) is 43.8 Å². The number of rotatable bonds is 6. The second-order valence-electron chi connectivity index (χ2n) is 9.48. The normalized spacial score (nSPS) is 21.5. The summed E-state index contributed by atoms with van der Waals surface area (Å²) in [5.41, 5.74) is 3.49. The van der Waals surface area contributed by atoms with E-state index in [0.29, 0.717) is 45.2 Å². The fourth-order valence-corrected chi connectivity index (χ4v) is 5.03. The van der Waals surface area contributed by atoms with Crippen LogP contribution in [0, 0.1) is 0 Å². The fourth-order valence-electron chi connectivity index (χ4n) is 5.03. The number of amides is 2. The maximum atomic E-state index is 12.9. The van der Waals surface area contributed by atoms with Gasteiger partial charge in [-0.3, -0.25) is 14.5 Å². The van der Waals surface area contributed by atoms with Crippen molar-refractivity contribution in [1.82, 2.24) is 15.1 Å². The van der Waals surface area contributed by atoms with Gasteiger partial charge in [0, 0.05) is 38.2 Å². The van der Waals surface area contributed by atoms with E-state index in [1.807, 2.05) is 17.0 Å². The van der Waals surface area contributed by atoms with Crippen molar-refractivity contribution in [2.24, 2.45) is 0 Å². The summed E-state index contributed by atoms with van der Waals surface area (Å²) in [6.07, 6.45) is 3.39. The molecule has 0 bridgehead atoms. The van der Waals surface area contributed by atoms with Crippen molar-refractivity contribution in [3.63, 3.8) is 0 Å². The van der Waals surface area contributed by atoms with E-state index in [2.05, 4.69) is 46.6 Å². The second kappa shape index (κ2) is 10.6. The van der Waals surface area contributed by atoms with Crippen LogP contribution >= 0.6 is 0 Å². The minimum atomic E-state index is -0.400. The lowest BCUT2D eigenvalue weighted by Gasteiger charge is -2.32. The van der Waals surface area contributed by atoms with E-state index in [1.54, 1.807) is 0 Å². The van der Waals surface area contributed by atoms with Crippen LogP contribution < -0.4 is 10.1 Å². The van der Waals surface area contributed by atoms with Gasteiger partial charge in [-0.2, -0.15) is 0 Å². The quantitative estimate of drug-likeness (QED) is 0.713. The molecule has 2 saturated heterocycles. The van der Waals surface area contributed by atoms with E-state index in [9.17, 15) is 9.59 Å². The molecule has 5 rings (SSSR count). The number of hydrogen-bond acceptors (Lipinski definition) is 5. The van der Waals surface area contributed by atoms with E-state index >= 15 is 0 Å². The molecule has 2 aromatic carbocycles. The molecule has 3 aliphatic heterocycles. The predicted octanol–water partition coefficient (Wildman–Crippen LogP) is 2.87. The van der Waals surface area contributed by atoms with Crippen LogP contribution in [0.25, 0.3) is 0 Å². The molecule has 3 aliphatic rings. The molecule has 0 radical (unpaired) electrons. The highest BCUT2D eigenvalue weighted by molar-refractivity contribution is 5.90. The Balaban J connectivity index is 1.14. The zero-order valence-electron chi connectivity index (χ0n) is 19.6. The maximum absolute atomic E-state index is 12.9. The third-order valence-electron chi connectivity index (χ3n) is 6.98. The van der Waals surface area contributed by atoms with Crippen LogP contribution in [0.15, 0.2) is 48.5 Å². The summed E-state index contributed by atoms with van der Waals surface area (Å²) in [4.78, 5) is 28.8. The summed E-state index contributed by atoms with van der Waals surface area (Å²) >= 11 is 0. The molecule has 7 heteroatoms. The molecule has 1 atom stereocenters. The van der Waals surface area contributed by atoms with Crippen LogP contribution in [0.2, 0.25) is 0 Å². The molecule has 0 spiro atoms. The molecule has 0 saturated carbocycles. The molecule has 0 aromatic heterocycles. The lowest BCUT2D eigenvalue weighted by molar-refractivity contribution is -0.135. The first kappa shape index (κ1) is 22.9. The molecule has 2 fully saturated rings. The van der Waals surface area contributed by atoms with E-state index in [4.69, 9.17) is 9.47 Å². The van der Waals surface area contributed by atoms with Crippen LogP contribution in [0.3, 0.4) is 0 Å². The summed E-state index contributed by atoms with van der Waals surface area (Å²) in [7, 11) is 0. The third-order valence-corrected chi connectivity index (χ3v) is 6.98. The Bertz CT molecular complexity index is 1000. The van der Waals surface area contributed by atoms with Crippen LogP contribution in [0.4, 0.5) is 0 Å². The van der Waals surface area contributed by atoms with Gasteiger partial charge in [0.25, 0.3) is 0 Å². The highest BCUT2D eigenvalue weighted by atomic mass is 16.5. The molecule has 34 heavy (non-hydrogen) atoms. The van der Waals surface area contributed by atoms with Gasteiger partial charge in [0.05, 0.1) is 19.3 Å². The first-order valence-electron chi connectivity index (χ1n) is 12.3. The van der Waals surface area contributed by atoms with Gasteiger partial charge in [0.1, 0.15) is 18.4 Å². The van der Waals surface area contributed by atoms with Crippen LogP contribution in [0.1, 0.15) is 42.4 Å². The Morgan fingerprint density at radius 3 is 2.62 bits per heavy atom. The largest absolute Gasteiger partial charge is 0.491 e. The molecular formula is C27H33N3O4. The first-order valence-corrected chi connectivity index (χ1v) is 12.3. The predicted molar refractivity (Wildman–Crippen MR) is 128 cm³/mol. The highest BCUT2D eigenvalue weighted by Crippen LogP contribution is 2.27. The number of nitrogens with zero attached hydrogens (tertiary/aromatic N) is 2. The lowest BCUT2D eigenvalue weighted by atomic mass is 10.0. The van der Waals surface area contributed by atoms with Crippen molar-refractivity contribution in [1.29, 1.82) is 0 Å². The number of piperidine rings is 1. The number of carbonyl (C=O) groups is 2. The average Bonchev–Trinajstić information content (AvgIpc) is 3.19. The van der Waals surface area contributed by atoms with Gasteiger partial charge in [0.2, 0.25) is 11.8 Å². The smallest absolute Gasteiger partial charge is 0.245 e. The molecule has 1 N–H and O–H groups in total. The van der Waals surface area contributed by atoms with E-state index in [-0.39, 0.29) is 11.8 Å². The molecule has 1 unspecified atom stereocenters. The zero-order valence-corrected chi connectivity index (χ0v) is 19.6. The zero-order chi connectivity index (χ0) is 23.3. The number of hydrogen-bond donors (Lipinski definition) is 1. The van der Waals surface area contributed by atoms with Gasteiger partial charge in [0.15, 0.2) is 0 Å². The molecular weight excluding hydrogens is 430 g/mol. The van der Waals surface area contributed by atoms with E-state index in [1.165, 1.54) is 11.1 Å². The van der Waals surface area contributed by atoms with Gasteiger partial charge >= 0.3 is 0 Å². The monoisotopic (exact) mass is 463 g/mol. The van der Waals surface area contributed by atoms with Gasteiger partial charge in [-0.15, -0.1) is 0 Å². The summed E-state index contributed by atoms with van der Waals surface area (Å²) in [5, 5.41) is 2.79. The molecule has 3 heterocycles. The van der Waals surface area contributed by atoms with Crippen LogP contribution in [0.5, 0.6) is 5.75 Å². The van der Waals surface area contributed by atoms with Gasteiger partial charge in [-0.1, -0.05) is 36.4 Å². The second-order valence-corrected chi connectivity index (χ2v) is 9.48. The molecule has 2 amide bonds. The number of fused-ring (bicyclic) bond motifs is 1. The Hall–Kier alpha value is -2.90. The number of nitrogens with one attached hydrogen (secondary N) is 1. The van der Waals surface area contributed by atoms with Crippen molar-refractivity contribution in [2.75, 3.05) is 26.2 Å². The minimum Gasteiger partial charge on any atom is -0.491 e. The third kappa shape index (κ3) is 5.59. The number of ether oxygens (including phenoxy) is 2. The van der Waals surface area contributed by atoms with Gasteiger partial charge in [-0.05, 0) is 42.5 Å². The van der Waals surface area contributed by atoms with E-state index < -0.39 is 6.04 Å². The lowest BCUT2D eigenvalue weighted by Crippen LogP contribution is -2.44. The summed E-state index contributed by atoms with van der Waals surface area (Å²) in [6, 6.07) is 16.3. The van der Waals surface area contributed by atoms with Crippen molar-refractivity contribution in [3.8, 4) is 5.75 Å². The molecule has 7 nitrogen and oxygen atoms in total. The molecule has 180 valence electrons. The summed E-state index contributed by atoms with van der Waals surface area (Å²) in [6.45, 7) is 5.10. The van der Waals surface area contributed by atoms with Crippen molar-refractivity contribution < 1.29 is 19.1 Å². The first-order chi connectivity index (χ1) is 16.6. The van der Waals surface area contributed by atoms with Crippen molar-refractivity contribution in [3.05, 3.63) is 65.2 Å². The number of likely N-dealkylation sites (tertiary alicyclic amines) is 1. The van der Waals surface area contributed by atoms with Gasteiger partial charge in [-0.25, -0.2) is 0 Å². The van der Waals surface area contributed by atoms with Crippen molar-refractivity contribution >= 4 is 11.8 Å². The van der Waals surface area contributed by atoms with Gasteiger partial charge < -0.3 is 19.7 Å². The SMILES string of the molecule is O=C1CCC(C(=O)N2CCOc3ccc(CN4CCC(OCc5ccccc5)CC4)cc3C2)N1. The molecule has 0 aliphatic carbocycles. The average molecular weight is 464 g/mol. The Labute approximate surface area is 201 Å². The van der Waals surface area contributed by atoms with Crippen LogP contribution in [-0.2, 0) is 34.0 Å². The van der Waals surface area contributed by atoms with Crippen LogP contribution in [-0.4, -0.2) is 60.0 Å². The number of benzene rings is 2. The highest BCUT2D eigenvalue weighted by Gasteiger charge is 2.32. The summed E-state index contributed by atoms with van der Waals surface area (Å²) < 4.78 is 12.1. The standard InChI is InChI=1S/C27H33N3O4/c31-26-9-7-24(28-26)27(32)30-14-15-33-25-8-6-21(16-22(25)18-30)17-29-12-10-23(11-13-29)34-19-20-4-2-1-3-5-20/h1-6,8,16,23-24H,7,9-15,17-19H2,(H,28,31). The Morgan fingerprint density at radius 1 is 1.03 bits per heavy atom. The Morgan fingerprint density at radius 2 is 1.85 bits per heavy atom. The maximum Gasteiger partial charge on any atom is 0.245 e. The van der Waals surface area contributed by atoms with Crippen molar-refractivity contribution in [2.45, 2.75) is 57.5 Å². The topological polar surface area (TPSA) is 71.1 Å². The molecule has 2 aromatic rings. The Kier molecular flexibility index (Phi) is 7.11. The fraction of sp³-hybridized carbons (Fsp3) is 0.481. The minimum absolute atomic E-state index is 0.00900. The summed E-state index contributed by atoms with van der Waals surface area (Å²) in [5.74, 6) is 0.800. The number of carbonyl (C=O) groups excluding carboxylic acids is 2.